The number of halogens is 3. The van der Waals surface area contributed by atoms with Crippen molar-refractivity contribution in [1.29, 1.82) is 0 Å². The predicted octanol–water partition coefficient (Wildman–Crippen LogP) is 6.51. The van der Waals surface area contributed by atoms with Crippen LogP contribution in [-0.2, 0) is 13.0 Å². The van der Waals surface area contributed by atoms with Crippen molar-refractivity contribution in [3.8, 4) is 11.5 Å². The van der Waals surface area contributed by atoms with Gasteiger partial charge in [-0.3, -0.25) is 4.79 Å². The first-order valence-corrected chi connectivity index (χ1v) is 11.5. The third kappa shape index (κ3) is 6.73. The van der Waals surface area contributed by atoms with Gasteiger partial charge in [0.25, 0.3) is 5.91 Å². The average Bonchev–Trinajstić information content (AvgIpc) is 2.81. The molecular weight excluding hydrogens is 497 g/mol. The zero-order valence-electron chi connectivity index (χ0n) is 18.4. The molecule has 0 unspecified atom stereocenters. The fraction of sp³-hybridized carbons (Fsp3) is 0.160. The number of carbonyl (C=O) groups is 1. The Balaban J connectivity index is 1.82. The van der Waals surface area contributed by atoms with Crippen molar-refractivity contribution in [2.24, 2.45) is 5.10 Å². The van der Waals surface area contributed by atoms with E-state index in [0.717, 1.165) is 11.1 Å². The number of hydrogen-bond acceptors (Lipinski definition) is 5. The topological polar surface area (TPSA) is 72.8 Å². The first-order chi connectivity index (χ1) is 16.4. The second-order valence-corrected chi connectivity index (χ2v) is 8.18. The van der Waals surface area contributed by atoms with Crippen LogP contribution >= 0.6 is 34.8 Å². The minimum atomic E-state index is -0.465. The van der Waals surface area contributed by atoms with Crippen LogP contribution in [0.25, 0.3) is 0 Å². The van der Waals surface area contributed by atoms with Gasteiger partial charge in [-0.2, -0.15) is 5.10 Å². The van der Waals surface area contributed by atoms with Gasteiger partial charge in [-0.1, -0.05) is 46.9 Å². The lowest BCUT2D eigenvalue weighted by atomic mass is 10.1. The summed E-state index contributed by atoms with van der Waals surface area (Å²) < 4.78 is 11.9. The number of allylic oxidation sites excluding steroid dienone is 1. The number of benzene rings is 2. The number of hydrogen-bond donors (Lipinski definition) is 1. The van der Waals surface area contributed by atoms with Crippen LogP contribution < -0.4 is 14.9 Å². The summed E-state index contributed by atoms with van der Waals surface area (Å²) in [6.45, 7) is 6.43. The maximum absolute atomic E-state index is 12.3. The van der Waals surface area contributed by atoms with Crippen molar-refractivity contribution in [3.63, 3.8) is 0 Å². The van der Waals surface area contributed by atoms with Gasteiger partial charge in [-0.15, -0.1) is 6.58 Å². The lowest BCUT2D eigenvalue weighted by Crippen LogP contribution is -2.18. The van der Waals surface area contributed by atoms with E-state index in [1.54, 1.807) is 36.4 Å². The van der Waals surface area contributed by atoms with Gasteiger partial charge >= 0.3 is 0 Å². The molecular formula is C25H22Cl3N3O3. The van der Waals surface area contributed by atoms with Crippen molar-refractivity contribution in [2.75, 3.05) is 6.61 Å². The molecule has 1 aromatic heterocycles. The summed E-state index contributed by atoms with van der Waals surface area (Å²) in [5.41, 5.74) is 5.11. The fourth-order valence-electron chi connectivity index (χ4n) is 3.06. The van der Waals surface area contributed by atoms with E-state index in [0.29, 0.717) is 40.1 Å². The van der Waals surface area contributed by atoms with Gasteiger partial charge in [0.15, 0.2) is 11.5 Å². The normalized spacial score (nSPS) is 10.8. The van der Waals surface area contributed by atoms with E-state index in [1.165, 1.54) is 12.4 Å². The summed E-state index contributed by atoms with van der Waals surface area (Å²) in [5.74, 6) is 0.674. The highest BCUT2D eigenvalue weighted by atomic mass is 35.5. The second-order valence-electron chi connectivity index (χ2n) is 7.01. The van der Waals surface area contributed by atoms with Crippen LogP contribution in [0.2, 0.25) is 15.2 Å². The van der Waals surface area contributed by atoms with Crippen LogP contribution in [-0.4, -0.2) is 23.7 Å². The number of hydrazone groups is 1. The number of pyridine rings is 1. The molecule has 1 N–H and O–H groups in total. The van der Waals surface area contributed by atoms with E-state index < -0.39 is 5.91 Å². The molecule has 0 atom stereocenters. The molecule has 0 aliphatic rings. The van der Waals surface area contributed by atoms with Crippen LogP contribution in [0.15, 0.2) is 66.4 Å². The molecule has 0 spiro atoms. The first kappa shape index (κ1) is 25.6. The Kier molecular flexibility index (Phi) is 9.33. The molecule has 3 aromatic rings. The summed E-state index contributed by atoms with van der Waals surface area (Å²) in [6, 6.07) is 12.2. The number of carbonyl (C=O) groups excluding carboxylic acids is 1. The highest BCUT2D eigenvalue weighted by molar-refractivity contribution is 6.42. The van der Waals surface area contributed by atoms with Gasteiger partial charge < -0.3 is 9.47 Å². The molecule has 9 heteroatoms. The summed E-state index contributed by atoms with van der Waals surface area (Å²) in [6.07, 6.45) is 5.32. The largest absolute Gasteiger partial charge is 0.490 e. The fourth-order valence-corrected chi connectivity index (χ4v) is 3.58. The van der Waals surface area contributed by atoms with Gasteiger partial charge in [0, 0.05) is 11.8 Å². The van der Waals surface area contributed by atoms with E-state index in [-0.39, 0.29) is 17.3 Å². The number of ether oxygens (including phenoxy) is 2. The lowest BCUT2D eigenvalue weighted by molar-refractivity contribution is 0.0955. The average molecular weight is 519 g/mol. The second kappa shape index (κ2) is 12.4. The maximum Gasteiger partial charge on any atom is 0.274 e. The number of nitrogens with zero attached hydrogens (tertiary/aromatic N) is 2. The van der Waals surface area contributed by atoms with Crippen molar-refractivity contribution in [2.45, 2.75) is 20.0 Å². The van der Waals surface area contributed by atoms with E-state index in [2.05, 4.69) is 22.1 Å². The molecule has 0 bridgehead atoms. The van der Waals surface area contributed by atoms with E-state index in [1.807, 2.05) is 19.1 Å². The number of aromatic nitrogens is 1. The van der Waals surface area contributed by atoms with Gasteiger partial charge in [0.2, 0.25) is 0 Å². The van der Waals surface area contributed by atoms with Crippen LogP contribution in [0.5, 0.6) is 11.5 Å². The van der Waals surface area contributed by atoms with Crippen LogP contribution in [0.1, 0.15) is 34.0 Å². The number of rotatable bonds is 10. The highest BCUT2D eigenvalue weighted by Crippen LogP contribution is 2.34. The van der Waals surface area contributed by atoms with Crippen molar-refractivity contribution in [1.82, 2.24) is 10.4 Å². The Morgan fingerprint density at radius 1 is 1.15 bits per heavy atom. The zero-order valence-corrected chi connectivity index (χ0v) is 20.6. The van der Waals surface area contributed by atoms with Gasteiger partial charge in [-0.05, 0) is 60.9 Å². The monoisotopic (exact) mass is 517 g/mol. The Morgan fingerprint density at radius 3 is 2.68 bits per heavy atom. The lowest BCUT2D eigenvalue weighted by Gasteiger charge is -2.17. The third-order valence-corrected chi connectivity index (χ3v) is 5.61. The van der Waals surface area contributed by atoms with Crippen LogP contribution in [0, 0.1) is 0 Å². The van der Waals surface area contributed by atoms with Crippen molar-refractivity contribution >= 4 is 46.9 Å². The van der Waals surface area contributed by atoms with Crippen LogP contribution in [0.3, 0.4) is 0 Å². The quantitative estimate of drug-likeness (QED) is 0.144. The number of amides is 1. The molecule has 1 amide bonds. The molecule has 34 heavy (non-hydrogen) atoms. The smallest absolute Gasteiger partial charge is 0.274 e. The molecule has 0 fully saturated rings. The summed E-state index contributed by atoms with van der Waals surface area (Å²) >= 11 is 18.1. The molecule has 6 nitrogen and oxygen atoms in total. The molecule has 0 radical (unpaired) electrons. The zero-order chi connectivity index (χ0) is 24.5. The Morgan fingerprint density at radius 2 is 1.97 bits per heavy atom. The first-order valence-electron chi connectivity index (χ1n) is 10.3. The Bertz CT molecular complexity index is 1220. The predicted molar refractivity (Wildman–Crippen MR) is 137 cm³/mol. The minimum absolute atomic E-state index is 0.102. The standard InChI is InChI=1S/C25H22Cl3N3O3/c1-3-6-18-11-17(14-30-31-25(32)19-7-5-10-29-24(19)28)13-22(33-4-2)23(18)34-15-16-8-9-20(26)21(27)12-16/h3,5,7-14H,1,4,6,15H2,2H3,(H,31,32). The summed E-state index contributed by atoms with van der Waals surface area (Å²) in [7, 11) is 0. The molecule has 0 aliphatic carbocycles. The molecule has 0 aliphatic heterocycles. The summed E-state index contributed by atoms with van der Waals surface area (Å²) in [5, 5.41) is 5.08. The molecule has 1 heterocycles. The van der Waals surface area contributed by atoms with Crippen LogP contribution in [0.4, 0.5) is 0 Å². The van der Waals surface area contributed by atoms with Gasteiger partial charge in [0.1, 0.15) is 11.8 Å². The number of nitrogens with one attached hydrogen (secondary N) is 1. The third-order valence-electron chi connectivity index (χ3n) is 4.57. The highest BCUT2D eigenvalue weighted by Gasteiger charge is 2.14. The molecule has 176 valence electrons. The van der Waals surface area contributed by atoms with E-state index in [4.69, 9.17) is 44.3 Å². The molecule has 2 aromatic carbocycles. The Hall–Kier alpha value is -3.06. The minimum Gasteiger partial charge on any atom is -0.490 e. The van der Waals surface area contributed by atoms with Gasteiger partial charge in [0.05, 0.1) is 28.4 Å². The van der Waals surface area contributed by atoms with Gasteiger partial charge in [-0.25, -0.2) is 10.4 Å². The van der Waals surface area contributed by atoms with Crippen molar-refractivity contribution in [3.05, 3.63) is 98.8 Å². The summed E-state index contributed by atoms with van der Waals surface area (Å²) in [4.78, 5) is 16.2. The SMILES string of the molecule is C=CCc1cc(C=NNC(=O)c2cccnc2Cl)cc(OCC)c1OCc1ccc(Cl)c(Cl)c1. The molecule has 3 rings (SSSR count). The van der Waals surface area contributed by atoms with E-state index >= 15 is 0 Å². The van der Waals surface area contributed by atoms with E-state index in [9.17, 15) is 4.79 Å². The van der Waals surface area contributed by atoms with Crippen molar-refractivity contribution < 1.29 is 14.3 Å². The molecule has 0 saturated heterocycles. The molecule has 0 saturated carbocycles. The maximum atomic E-state index is 12.3. The Labute approximate surface area is 213 Å².